The van der Waals surface area contributed by atoms with Gasteiger partial charge in [0.2, 0.25) is 10.0 Å². The number of nitrogens with one attached hydrogen (secondary N) is 1. The predicted molar refractivity (Wildman–Crippen MR) is 108 cm³/mol. The van der Waals surface area contributed by atoms with E-state index in [4.69, 9.17) is 4.74 Å². The Labute approximate surface area is 170 Å². The van der Waals surface area contributed by atoms with Gasteiger partial charge in [-0.05, 0) is 48.9 Å². The number of amides is 1. The number of fused-ring (bicyclic) bond motifs is 1. The molecule has 0 bridgehead atoms. The molecule has 2 aliphatic heterocycles. The van der Waals surface area contributed by atoms with E-state index in [9.17, 15) is 13.2 Å². The molecule has 29 heavy (non-hydrogen) atoms. The Morgan fingerprint density at radius 2 is 2.10 bits per heavy atom. The summed E-state index contributed by atoms with van der Waals surface area (Å²) >= 11 is 0. The van der Waals surface area contributed by atoms with Gasteiger partial charge in [0.05, 0.1) is 12.4 Å². The third-order valence-electron chi connectivity index (χ3n) is 5.96. The standard InChI is InChI=1S/C20H26N4O4S/c1-28-17-4-2-3-15(13-17)6-12-24-14-16-7-10-23(11-8-19(16)29(24,26)27)20(25)18-5-9-21-22-18/h2-5,9,13,16,19H,6-8,10-12,14H2,1H3,(H,21,22)/t16-,19-/m0/s1. The highest BCUT2D eigenvalue weighted by Gasteiger charge is 2.47. The number of nitrogens with zero attached hydrogens (tertiary/aromatic N) is 3. The second kappa shape index (κ2) is 8.16. The second-order valence-electron chi connectivity index (χ2n) is 7.64. The number of ether oxygens (including phenoxy) is 1. The number of hydrogen-bond donors (Lipinski definition) is 1. The van der Waals surface area contributed by atoms with E-state index in [0.29, 0.717) is 51.1 Å². The minimum absolute atomic E-state index is 0.0601. The lowest BCUT2D eigenvalue weighted by Crippen LogP contribution is -2.35. The summed E-state index contributed by atoms with van der Waals surface area (Å²) in [6.45, 7) is 2.02. The molecule has 1 N–H and O–H groups in total. The first-order valence-corrected chi connectivity index (χ1v) is 11.4. The van der Waals surface area contributed by atoms with E-state index in [2.05, 4.69) is 10.2 Å². The molecule has 2 atom stereocenters. The largest absolute Gasteiger partial charge is 0.497 e. The van der Waals surface area contributed by atoms with Crippen LogP contribution in [0.1, 0.15) is 28.9 Å². The van der Waals surface area contributed by atoms with Crippen molar-refractivity contribution in [3.8, 4) is 5.75 Å². The number of aromatic nitrogens is 2. The molecule has 1 aromatic heterocycles. The summed E-state index contributed by atoms with van der Waals surface area (Å²) in [5.74, 6) is 0.721. The number of H-pyrrole nitrogens is 1. The van der Waals surface area contributed by atoms with Crippen LogP contribution >= 0.6 is 0 Å². The van der Waals surface area contributed by atoms with E-state index in [1.165, 1.54) is 0 Å². The minimum atomic E-state index is -3.36. The van der Waals surface area contributed by atoms with Crippen LogP contribution in [0.3, 0.4) is 0 Å². The number of sulfonamides is 1. The zero-order valence-electron chi connectivity index (χ0n) is 16.5. The topological polar surface area (TPSA) is 95.6 Å². The lowest BCUT2D eigenvalue weighted by molar-refractivity contribution is 0.0753. The van der Waals surface area contributed by atoms with Crippen molar-refractivity contribution in [3.05, 3.63) is 47.8 Å². The Kier molecular flexibility index (Phi) is 5.60. The fraction of sp³-hybridized carbons (Fsp3) is 0.500. The Hall–Kier alpha value is -2.39. The second-order valence-corrected chi connectivity index (χ2v) is 9.79. The smallest absolute Gasteiger partial charge is 0.271 e. The molecule has 3 heterocycles. The van der Waals surface area contributed by atoms with Crippen molar-refractivity contribution in [3.63, 3.8) is 0 Å². The summed E-state index contributed by atoms with van der Waals surface area (Å²) in [4.78, 5) is 14.3. The summed E-state index contributed by atoms with van der Waals surface area (Å²) in [7, 11) is -1.73. The highest BCUT2D eigenvalue weighted by molar-refractivity contribution is 7.90. The monoisotopic (exact) mass is 418 g/mol. The maximum Gasteiger partial charge on any atom is 0.271 e. The summed E-state index contributed by atoms with van der Waals surface area (Å²) in [6.07, 6.45) is 3.37. The Morgan fingerprint density at radius 3 is 2.86 bits per heavy atom. The molecule has 8 nitrogen and oxygen atoms in total. The SMILES string of the molecule is COc1cccc(CCN2C[C@@H]3CCN(C(=O)c4ccn[nH]4)CC[C@@H]3S2(=O)=O)c1. The van der Waals surface area contributed by atoms with Crippen LogP contribution in [-0.2, 0) is 16.4 Å². The molecule has 1 aromatic carbocycles. The highest BCUT2D eigenvalue weighted by Crippen LogP contribution is 2.34. The molecule has 2 fully saturated rings. The number of carbonyl (C=O) groups excluding carboxylic acids is 1. The molecule has 0 saturated carbocycles. The van der Waals surface area contributed by atoms with Crippen LogP contribution in [0.2, 0.25) is 0 Å². The summed E-state index contributed by atoms with van der Waals surface area (Å²) in [5.41, 5.74) is 1.50. The van der Waals surface area contributed by atoms with E-state index in [-0.39, 0.29) is 11.8 Å². The lowest BCUT2D eigenvalue weighted by atomic mass is 10.0. The van der Waals surface area contributed by atoms with Gasteiger partial charge >= 0.3 is 0 Å². The molecule has 4 rings (SSSR count). The van der Waals surface area contributed by atoms with Crippen LogP contribution in [0.4, 0.5) is 0 Å². The van der Waals surface area contributed by atoms with Crippen molar-refractivity contribution in [2.45, 2.75) is 24.5 Å². The van der Waals surface area contributed by atoms with Gasteiger partial charge in [-0.25, -0.2) is 12.7 Å². The van der Waals surface area contributed by atoms with Crippen molar-refractivity contribution in [2.24, 2.45) is 5.92 Å². The fourth-order valence-electron chi connectivity index (χ4n) is 4.34. The average molecular weight is 419 g/mol. The first kappa shape index (κ1) is 19.9. The first-order chi connectivity index (χ1) is 14.0. The van der Waals surface area contributed by atoms with Gasteiger partial charge in [0.25, 0.3) is 5.91 Å². The summed E-state index contributed by atoms with van der Waals surface area (Å²) < 4.78 is 33.1. The molecule has 0 unspecified atom stereocenters. The fourth-order valence-corrected chi connectivity index (χ4v) is 6.58. The number of aromatic amines is 1. The number of benzene rings is 1. The summed E-state index contributed by atoms with van der Waals surface area (Å²) in [5, 5.41) is 6.11. The number of hydrogen-bond acceptors (Lipinski definition) is 5. The molecule has 2 aliphatic rings. The van der Waals surface area contributed by atoms with Gasteiger partial charge in [0.1, 0.15) is 11.4 Å². The van der Waals surface area contributed by atoms with Crippen LogP contribution in [-0.4, -0.2) is 72.3 Å². The molecule has 156 valence electrons. The van der Waals surface area contributed by atoms with E-state index in [1.54, 1.807) is 28.6 Å². The number of rotatable bonds is 5. The third-order valence-corrected chi connectivity index (χ3v) is 8.40. The van der Waals surface area contributed by atoms with E-state index in [0.717, 1.165) is 11.3 Å². The normalized spacial score (nSPS) is 24.1. The molecule has 0 aliphatic carbocycles. The highest BCUT2D eigenvalue weighted by atomic mass is 32.2. The zero-order valence-corrected chi connectivity index (χ0v) is 17.3. The predicted octanol–water partition coefficient (Wildman–Crippen LogP) is 1.53. The molecular weight excluding hydrogens is 392 g/mol. The van der Waals surface area contributed by atoms with Crippen molar-refractivity contribution >= 4 is 15.9 Å². The van der Waals surface area contributed by atoms with Crippen LogP contribution in [0.5, 0.6) is 5.75 Å². The van der Waals surface area contributed by atoms with Crippen LogP contribution in [0.25, 0.3) is 0 Å². The molecule has 2 saturated heterocycles. The molecule has 0 spiro atoms. The Balaban J connectivity index is 1.40. The number of likely N-dealkylation sites (tertiary alicyclic amines) is 1. The molecule has 0 radical (unpaired) electrons. The molecule has 9 heteroatoms. The van der Waals surface area contributed by atoms with Gasteiger partial charge in [-0.3, -0.25) is 9.89 Å². The maximum absolute atomic E-state index is 13.1. The van der Waals surface area contributed by atoms with Gasteiger partial charge < -0.3 is 9.64 Å². The van der Waals surface area contributed by atoms with Crippen LogP contribution in [0.15, 0.2) is 36.5 Å². The quantitative estimate of drug-likeness (QED) is 0.794. The zero-order chi connectivity index (χ0) is 20.4. The van der Waals surface area contributed by atoms with Crippen molar-refractivity contribution in [1.82, 2.24) is 19.4 Å². The van der Waals surface area contributed by atoms with Gasteiger partial charge in [-0.2, -0.15) is 5.10 Å². The molecule has 2 aromatic rings. The molecular formula is C20H26N4O4S. The minimum Gasteiger partial charge on any atom is -0.497 e. The Morgan fingerprint density at radius 1 is 1.28 bits per heavy atom. The van der Waals surface area contributed by atoms with Crippen molar-refractivity contribution in [1.29, 1.82) is 0 Å². The third kappa shape index (κ3) is 4.02. The van der Waals surface area contributed by atoms with Gasteiger partial charge in [-0.1, -0.05) is 12.1 Å². The number of carbonyl (C=O) groups is 1. The number of methoxy groups -OCH3 is 1. The van der Waals surface area contributed by atoms with Crippen molar-refractivity contribution < 1.29 is 17.9 Å². The summed E-state index contributed by atoms with van der Waals surface area (Å²) in [6, 6.07) is 9.37. The van der Waals surface area contributed by atoms with Crippen LogP contribution < -0.4 is 4.74 Å². The van der Waals surface area contributed by atoms with Gasteiger partial charge in [0.15, 0.2) is 0 Å². The van der Waals surface area contributed by atoms with Crippen molar-refractivity contribution in [2.75, 3.05) is 33.3 Å². The maximum atomic E-state index is 13.1. The first-order valence-electron chi connectivity index (χ1n) is 9.89. The van der Waals surface area contributed by atoms with E-state index < -0.39 is 15.3 Å². The van der Waals surface area contributed by atoms with E-state index >= 15 is 0 Å². The average Bonchev–Trinajstić information content (AvgIpc) is 3.27. The molecule has 1 amide bonds. The Bertz CT molecular complexity index is 961. The van der Waals surface area contributed by atoms with Crippen LogP contribution in [0, 0.1) is 5.92 Å². The van der Waals surface area contributed by atoms with E-state index in [1.807, 2.05) is 24.3 Å². The lowest BCUT2D eigenvalue weighted by Gasteiger charge is -2.21. The van der Waals surface area contributed by atoms with Gasteiger partial charge in [0, 0.05) is 32.4 Å². The van der Waals surface area contributed by atoms with Gasteiger partial charge in [-0.15, -0.1) is 0 Å².